The molecule has 0 spiro atoms. The van der Waals surface area contributed by atoms with E-state index in [-0.39, 0.29) is 40.9 Å². The first-order chi connectivity index (χ1) is 3.80. The van der Waals surface area contributed by atoms with Crippen LogP contribution >= 0.6 is 0 Å². The van der Waals surface area contributed by atoms with Crippen molar-refractivity contribution in [2.24, 2.45) is 4.99 Å². The van der Waals surface area contributed by atoms with Gasteiger partial charge in [-0.2, -0.15) is 0 Å². The molecule has 0 aromatic rings. The molecule has 0 fully saturated rings. The number of nitrogens with one attached hydrogen (secondary N) is 2. The largest absolute Gasteiger partial charge is 0.297 e. The fourth-order valence-electron chi connectivity index (χ4n) is 0.405. The average molecular weight is 191 g/mol. The van der Waals surface area contributed by atoms with Crippen molar-refractivity contribution < 1.29 is 17.1 Å². The Kier molecular flexibility index (Phi) is 11.0. The molecular formula is C5H5FeN5. The minimum absolute atomic E-state index is 0. The molecule has 1 aliphatic rings. The number of hydrogen-bond donors (Lipinski definition) is 2. The van der Waals surface area contributed by atoms with Gasteiger partial charge in [-0.05, 0) is 12.2 Å². The molecule has 58 valence electrons. The molecule has 6 radical (unpaired) electrons. The second-order valence-corrected chi connectivity index (χ2v) is 1.40. The first kappa shape index (κ1) is 16.6. The summed E-state index contributed by atoms with van der Waals surface area (Å²) in [4.78, 5) is 3.56. The van der Waals surface area contributed by atoms with E-state index in [1.807, 2.05) is 0 Å². The van der Waals surface area contributed by atoms with Gasteiger partial charge in [0.1, 0.15) is 0 Å². The van der Waals surface area contributed by atoms with E-state index in [2.05, 4.69) is 4.99 Å². The fraction of sp³-hybridized carbons (Fsp3) is 0. The van der Waals surface area contributed by atoms with E-state index in [0.717, 1.165) is 0 Å². The molecule has 0 aromatic carbocycles. The number of amidine groups is 1. The third-order valence-corrected chi connectivity index (χ3v) is 0.808. The van der Waals surface area contributed by atoms with Crippen molar-refractivity contribution in [1.29, 1.82) is 10.8 Å². The van der Waals surface area contributed by atoms with Crippen molar-refractivity contribution in [1.82, 2.24) is 12.3 Å². The smallest absolute Gasteiger partial charge is 0.169 e. The Morgan fingerprint density at radius 3 is 2.00 bits per heavy atom. The van der Waals surface area contributed by atoms with Gasteiger partial charge in [0, 0.05) is 35.6 Å². The van der Waals surface area contributed by atoms with Gasteiger partial charge in [0.15, 0.2) is 5.84 Å². The Labute approximate surface area is 75.6 Å². The first-order valence-corrected chi connectivity index (χ1v) is 2.19. The number of dihydropyridines is 1. The van der Waals surface area contributed by atoms with Crippen LogP contribution in [0.4, 0.5) is 0 Å². The minimum atomic E-state index is 0. The van der Waals surface area contributed by atoms with Gasteiger partial charge in [-0.3, -0.25) is 10.8 Å². The van der Waals surface area contributed by atoms with Crippen LogP contribution in [0.3, 0.4) is 0 Å². The van der Waals surface area contributed by atoms with Gasteiger partial charge in [0.25, 0.3) is 0 Å². The Morgan fingerprint density at radius 2 is 1.73 bits per heavy atom. The van der Waals surface area contributed by atoms with Crippen LogP contribution in [-0.4, -0.2) is 17.8 Å². The van der Waals surface area contributed by atoms with E-state index in [0.29, 0.717) is 0 Å². The van der Waals surface area contributed by atoms with Crippen LogP contribution in [0, 0.1) is 10.8 Å². The molecule has 1 heterocycles. The summed E-state index contributed by atoms with van der Waals surface area (Å²) in [6, 6.07) is 0. The number of aliphatic imine (C=N–C) groups is 1. The van der Waals surface area contributed by atoms with Gasteiger partial charge in [0.2, 0.25) is 0 Å². The molecule has 0 aromatic heterocycles. The predicted octanol–water partition coefficient (Wildman–Crippen LogP) is -0.340. The molecule has 11 heavy (non-hydrogen) atoms. The molecule has 5 nitrogen and oxygen atoms in total. The van der Waals surface area contributed by atoms with Crippen molar-refractivity contribution >= 4 is 17.8 Å². The third-order valence-electron chi connectivity index (χ3n) is 0.808. The summed E-state index contributed by atoms with van der Waals surface area (Å²) in [7, 11) is 0. The third kappa shape index (κ3) is 4.57. The summed E-state index contributed by atoms with van der Waals surface area (Å²) in [5.74, 6) is 0.0347. The van der Waals surface area contributed by atoms with Gasteiger partial charge < -0.3 is 0 Å². The maximum absolute atomic E-state index is 6.97. The zero-order valence-corrected chi connectivity index (χ0v) is 6.53. The summed E-state index contributed by atoms with van der Waals surface area (Å²) >= 11 is 0. The van der Waals surface area contributed by atoms with Crippen LogP contribution in [0.15, 0.2) is 17.1 Å². The Morgan fingerprint density at radius 1 is 1.18 bits per heavy atom. The molecule has 1 aliphatic heterocycles. The standard InChI is InChI=1S/C5H5N3.Fe.2N/c6-4-2-1-3-8-5(4)7;;;/h1-3,6-7H;;;. The molecule has 1 rings (SSSR count). The fourth-order valence-corrected chi connectivity index (χ4v) is 0.405. The van der Waals surface area contributed by atoms with Gasteiger partial charge in [0.05, 0.1) is 5.71 Å². The molecule has 6 heteroatoms. The Balaban J connectivity index is -0.000000213. The van der Waals surface area contributed by atoms with Crippen LogP contribution < -0.4 is 12.3 Å². The van der Waals surface area contributed by atoms with Crippen LogP contribution in [0.2, 0.25) is 0 Å². The summed E-state index contributed by atoms with van der Waals surface area (Å²) in [5.41, 5.74) is 0.174. The van der Waals surface area contributed by atoms with Gasteiger partial charge in [-0.1, -0.05) is 0 Å². The van der Waals surface area contributed by atoms with Crippen LogP contribution in [0.5, 0.6) is 0 Å². The summed E-state index contributed by atoms with van der Waals surface area (Å²) in [6.07, 6.45) is 4.68. The maximum atomic E-state index is 6.97. The predicted molar refractivity (Wildman–Crippen MR) is 37.4 cm³/mol. The van der Waals surface area contributed by atoms with Gasteiger partial charge in [-0.25, -0.2) is 4.99 Å². The quantitative estimate of drug-likeness (QED) is 0.486. The SMILES string of the molecule is N=C1C=CC=NC1=N.[Fe].[N].[N]. The molecular weight excluding hydrogens is 186 g/mol. The van der Waals surface area contributed by atoms with E-state index in [9.17, 15) is 0 Å². The number of hydrogen-bond acceptors (Lipinski definition) is 2. The Hall–Kier alpha value is -0.811. The van der Waals surface area contributed by atoms with Crippen molar-refractivity contribution in [3.63, 3.8) is 0 Å². The Bertz CT molecular complexity index is 173. The molecule has 0 aliphatic carbocycles. The molecule has 0 atom stereocenters. The summed E-state index contributed by atoms with van der Waals surface area (Å²) in [6.45, 7) is 0. The molecule has 0 saturated heterocycles. The topological polar surface area (TPSA) is 121 Å². The van der Waals surface area contributed by atoms with Crippen molar-refractivity contribution in [3.8, 4) is 0 Å². The van der Waals surface area contributed by atoms with Crippen molar-refractivity contribution in [2.45, 2.75) is 0 Å². The number of nitrogens with zero attached hydrogens (tertiary/aromatic N) is 3. The van der Waals surface area contributed by atoms with Gasteiger partial charge in [-0.15, -0.1) is 0 Å². The zero-order chi connectivity index (χ0) is 5.98. The van der Waals surface area contributed by atoms with Crippen LogP contribution in [0.1, 0.15) is 0 Å². The zero-order valence-electron chi connectivity index (χ0n) is 5.43. The molecule has 0 bridgehead atoms. The molecule has 0 amide bonds. The van der Waals surface area contributed by atoms with E-state index in [1.54, 1.807) is 6.08 Å². The average Bonchev–Trinajstić information content (AvgIpc) is 1.77. The number of allylic oxidation sites excluding steroid dienone is 1. The monoisotopic (exact) mass is 191 g/mol. The van der Waals surface area contributed by atoms with Crippen molar-refractivity contribution in [3.05, 3.63) is 12.2 Å². The van der Waals surface area contributed by atoms with E-state index < -0.39 is 0 Å². The summed E-state index contributed by atoms with van der Waals surface area (Å²) in [5, 5.41) is 13.9. The normalized spacial score (nSPS) is 12.7. The maximum Gasteiger partial charge on any atom is 0.169 e. The minimum Gasteiger partial charge on any atom is -0.297 e. The van der Waals surface area contributed by atoms with E-state index >= 15 is 0 Å². The van der Waals surface area contributed by atoms with Crippen LogP contribution in [-0.2, 0) is 17.1 Å². The molecule has 2 N–H and O–H groups in total. The second kappa shape index (κ2) is 7.30. The van der Waals surface area contributed by atoms with Gasteiger partial charge >= 0.3 is 0 Å². The first-order valence-electron chi connectivity index (χ1n) is 2.19. The van der Waals surface area contributed by atoms with E-state index in [1.165, 1.54) is 12.3 Å². The second-order valence-electron chi connectivity index (χ2n) is 1.40. The number of rotatable bonds is 0. The molecule has 0 saturated carbocycles. The van der Waals surface area contributed by atoms with E-state index in [4.69, 9.17) is 10.8 Å². The van der Waals surface area contributed by atoms with Crippen LogP contribution in [0.25, 0.3) is 0 Å². The molecule has 0 unspecified atom stereocenters. The van der Waals surface area contributed by atoms with Crippen molar-refractivity contribution in [2.75, 3.05) is 0 Å². The summed E-state index contributed by atoms with van der Waals surface area (Å²) < 4.78 is 0.